The van der Waals surface area contributed by atoms with Gasteiger partial charge in [0.05, 0.1) is 5.69 Å². The monoisotopic (exact) mass is 191 g/mol. The van der Waals surface area contributed by atoms with E-state index in [-0.39, 0.29) is 0 Å². The van der Waals surface area contributed by atoms with Gasteiger partial charge in [-0.1, -0.05) is 0 Å². The summed E-state index contributed by atoms with van der Waals surface area (Å²) in [6, 6.07) is 4.65. The lowest BCUT2D eigenvalue weighted by Gasteiger charge is -2.16. The van der Waals surface area contributed by atoms with Gasteiger partial charge in [0.1, 0.15) is 0 Å². The van der Waals surface area contributed by atoms with Gasteiger partial charge in [0, 0.05) is 18.4 Å². The largest absolute Gasteiger partial charge is 0.381 e. The fraction of sp³-hybridized carbons (Fsp3) is 0.545. The van der Waals surface area contributed by atoms with Crippen LogP contribution in [0, 0.1) is 0 Å². The van der Waals surface area contributed by atoms with Crippen LogP contribution in [0.2, 0.25) is 0 Å². The number of hydrogen-bond acceptors (Lipinski definition) is 3. The molecule has 1 saturated heterocycles. The van der Waals surface area contributed by atoms with Crippen molar-refractivity contribution in [3.8, 4) is 0 Å². The summed E-state index contributed by atoms with van der Waals surface area (Å²) in [4.78, 5) is 4.10. The van der Waals surface area contributed by atoms with Gasteiger partial charge in [0.25, 0.3) is 0 Å². The van der Waals surface area contributed by atoms with Crippen LogP contribution in [0.3, 0.4) is 0 Å². The lowest BCUT2D eigenvalue weighted by atomic mass is 10.1. The summed E-state index contributed by atoms with van der Waals surface area (Å²) in [6.45, 7) is 2.28. The van der Waals surface area contributed by atoms with Gasteiger partial charge in [-0.15, -0.1) is 0 Å². The molecule has 2 rings (SSSR count). The molecule has 76 valence electrons. The molecule has 1 fully saturated rings. The fourth-order valence-electron chi connectivity index (χ4n) is 1.85. The van der Waals surface area contributed by atoms with Crippen LogP contribution in [0.15, 0.2) is 24.5 Å². The molecule has 14 heavy (non-hydrogen) atoms. The maximum absolute atomic E-state index is 4.10. The Bertz CT molecular complexity index is 252. The van der Waals surface area contributed by atoms with E-state index in [4.69, 9.17) is 0 Å². The van der Waals surface area contributed by atoms with E-state index in [2.05, 4.69) is 21.7 Å². The summed E-state index contributed by atoms with van der Waals surface area (Å²) in [5.41, 5.74) is 1.14. The lowest BCUT2D eigenvalue weighted by molar-refractivity contribution is 0.637. The van der Waals surface area contributed by atoms with E-state index in [0.717, 1.165) is 18.8 Å². The zero-order chi connectivity index (χ0) is 9.64. The van der Waals surface area contributed by atoms with Crippen molar-refractivity contribution < 1.29 is 0 Å². The minimum atomic E-state index is 0.606. The van der Waals surface area contributed by atoms with E-state index in [9.17, 15) is 0 Å². The smallest absolute Gasteiger partial charge is 0.0528 e. The first-order chi connectivity index (χ1) is 6.95. The van der Waals surface area contributed by atoms with Crippen molar-refractivity contribution in [1.29, 1.82) is 0 Å². The molecule has 0 amide bonds. The first kappa shape index (κ1) is 9.46. The van der Waals surface area contributed by atoms with Gasteiger partial charge in [-0.3, -0.25) is 4.98 Å². The molecule has 1 aromatic rings. The van der Waals surface area contributed by atoms with E-state index in [1.807, 2.05) is 12.3 Å². The first-order valence-electron chi connectivity index (χ1n) is 5.32. The molecule has 3 heteroatoms. The van der Waals surface area contributed by atoms with Gasteiger partial charge in [-0.25, -0.2) is 0 Å². The Kier molecular flexibility index (Phi) is 3.35. The molecule has 1 atom stereocenters. The maximum atomic E-state index is 4.10. The molecule has 1 aromatic heterocycles. The van der Waals surface area contributed by atoms with E-state index < -0.39 is 0 Å². The molecular formula is C11H17N3. The molecule has 1 aliphatic rings. The average Bonchev–Trinajstić information content (AvgIpc) is 2.48. The summed E-state index contributed by atoms with van der Waals surface area (Å²) < 4.78 is 0. The number of pyridine rings is 1. The standard InChI is InChI=1S/C11H17N3/c1-3-10(5-8-12-6-1)14-11-4-2-7-13-9-11/h2,4,7,9-10,12,14H,1,3,5-6,8H2. The second-order valence-electron chi connectivity index (χ2n) is 3.76. The molecular weight excluding hydrogens is 174 g/mol. The molecule has 0 aliphatic carbocycles. The molecule has 2 heterocycles. The van der Waals surface area contributed by atoms with Gasteiger partial charge in [-0.2, -0.15) is 0 Å². The van der Waals surface area contributed by atoms with Crippen LogP contribution < -0.4 is 10.6 Å². The van der Waals surface area contributed by atoms with Gasteiger partial charge < -0.3 is 10.6 Å². The molecule has 3 nitrogen and oxygen atoms in total. The molecule has 1 aliphatic heterocycles. The molecule has 0 aromatic carbocycles. The quantitative estimate of drug-likeness (QED) is 0.746. The van der Waals surface area contributed by atoms with Gasteiger partial charge in [0.2, 0.25) is 0 Å². The predicted molar refractivity (Wildman–Crippen MR) is 58.4 cm³/mol. The second kappa shape index (κ2) is 4.96. The highest BCUT2D eigenvalue weighted by Crippen LogP contribution is 2.12. The third-order valence-electron chi connectivity index (χ3n) is 2.61. The number of rotatable bonds is 2. The third kappa shape index (κ3) is 2.70. The van der Waals surface area contributed by atoms with Crippen molar-refractivity contribution >= 4 is 5.69 Å². The number of aromatic nitrogens is 1. The van der Waals surface area contributed by atoms with Gasteiger partial charge in [0.15, 0.2) is 0 Å². The Morgan fingerprint density at radius 1 is 1.36 bits per heavy atom. The van der Waals surface area contributed by atoms with E-state index in [0.29, 0.717) is 6.04 Å². The average molecular weight is 191 g/mol. The van der Waals surface area contributed by atoms with Crippen LogP contribution in [-0.2, 0) is 0 Å². The second-order valence-corrected chi connectivity index (χ2v) is 3.76. The molecule has 0 saturated carbocycles. The number of anilines is 1. The van der Waals surface area contributed by atoms with E-state index in [1.54, 1.807) is 6.20 Å². The summed E-state index contributed by atoms with van der Waals surface area (Å²) >= 11 is 0. The third-order valence-corrected chi connectivity index (χ3v) is 2.61. The van der Waals surface area contributed by atoms with Gasteiger partial charge >= 0.3 is 0 Å². The Hall–Kier alpha value is -1.09. The minimum absolute atomic E-state index is 0.606. The highest BCUT2D eigenvalue weighted by molar-refractivity contribution is 5.40. The minimum Gasteiger partial charge on any atom is -0.381 e. The Morgan fingerprint density at radius 2 is 2.36 bits per heavy atom. The molecule has 2 N–H and O–H groups in total. The van der Waals surface area contributed by atoms with Crippen LogP contribution in [0.25, 0.3) is 0 Å². The SMILES string of the molecule is c1cncc(NC2CCCNCC2)c1. The van der Waals surface area contributed by atoms with Crippen LogP contribution in [0.1, 0.15) is 19.3 Å². The number of hydrogen-bond donors (Lipinski definition) is 2. The molecule has 0 bridgehead atoms. The molecule has 0 radical (unpaired) electrons. The molecule has 1 unspecified atom stereocenters. The van der Waals surface area contributed by atoms with Crippen LogP contribution in [0.4, 0.5) is 5.69 Å². The van der Waals surface area contributed by atoms with Crippen molar-refractivity contribution in [3.05, 3.63) is 24.5 Å². The highest BCUT2D eigenvalue weighted by atomic mass is 15.0. The Labute approximate surface area is 84.9 Å². The Balaban J connectivity index is 1.90. The Morgan fingerprint density at radius 3 is 3.21 bits per heavy atom. The van der Waals surface area contributed by atoms with Crippen molar-refractivity contribution in [3.63, 3.8) is 0 Å². The van der Waals surface area contributed by atoms with E-state index in [1.165, 1.54) is 19.3 Å². The predicted octanol–water partition coefficient (Wildman–Crippen LogP) is 1.64. The molecule has 0 spiro atoms. The zero-order valence-corrected chi connectivity index (χ0v) is 8.37. The lowest BCUT2D eigenvalue weighted by Crippen LogP contribution is -2.21. The van der Waals surface area contributed by atoms with Crippen LogP contribution >= 0.6 is 0 Å². The summed E-state index contributed by atoms with van der Waals surface area (Å²) in [5, 5.41) is 6.93. The van der Waals surface area contributed by atoms with Crippen molar-refractivity contribution in [2.45, 2.75) is 25.3 Å². The normalized spacial score (nSPS) is 22.7. The fourth-order valence-corrected chi connectivity index (χ4v) is 1.85. The van der Waals surface area contributed by atoms with Crippen molar-refractivity contribution in [2.24, 2.45) is 0 Å². The van der Waals surface area contributed by atoms with Crippen LogP contribution in [-0.4, -0.2) is 24.1 Å². The highest BCUT2D eigenvalue weighted by Gasteiger charge is 2.10. The van der Waals surface area contributed by atoms with Crippen molar-refractivity contribution in [1.82, 2.24) is 10.3 Å². The summed E-state index contributed by atoms with van der Waals surface area (Å²) in [6.07, 6.45) is 7.41. The number of nitrogens with one attached hydrogen (secondary N) is 2. The zero-order valence-electron chi connectivity index (χ0n) is 8.37. The maximum Gasteiger partial charge on any atom is 0.0528 e. The van der Waals surface area contributed by atoms with E-state index >= 15 is 0 Å². The number of nitrogens with zero attached hydrogens (tertiary/aromatic N) is 1. The first-order valence-corrected chi connectivity index (χ1v) is 5.32. The summed E-state index contributed by atoms with van der Waals surface area (Å²) in [5.74, 6) is 0. The van der Waals surface area contributed by atoms with Crippen molar-refractivity contribution in [2.75, 3.05) is 18.4 Å². The topological polar surface area (TPSA) is 37.0 Å². The van der Waals surface area contributed by atoms with Gasteiger partial charge in [-0.05, 0) is 44.5 Å². The summed E-state index contributed by atoms with van der Waals surface area (Å²) in [7, 11) is 0. The van der Waals surface area contributed by atoms with Crippen LogP contribution in [0.5, 0.6) is 0 Å².